The minimum atomic E-state index is -0.114. The molecule has 3 unspecified atom stereocenters. The molecule has 63 heavy (non-hydrogen) atoms. The van der Waals surface area contributed by atoms with Crippen LogP contribution in [-0.2, 0) is 10.8 Å². The van der Waals surface area contributed by atoms with Gasteiger partial charge in [0.1, 0.15) is 5.82 Å². The lowest BCUT2D eigenvalue weighted by molar-refractivity contribution is 0.416. The Kier molecular flexibility index (Phi) is 8.55. The molecule has 0 radical (unpaired) electrons. The molecule has 6 aromatic rings. The molecule has 310 valence electrons. The Morgan fingerprint density at radius 1 is 0.683 bits per heavy atom. The number of benzene rings is 4. The predicted molar refractivity (Wildman–Crippen MR) is 262 cm³/mol. The van der Waals surface area contributed by atoms with Gasteiger partial charge in [0.2, 0.25) is 0 Å². The summed E-state index contributed by atoms with van der Waals surface area (Å²) in [5, 5.41) is 2.59. The average Bonchev–Trinajstić information content (AvgIpc) is 3.85. The van der Waals surface area contributed by atoms with Gasteiger partial charge in [-0.05, 0) is 154 Å². The van der Waals surface area contributed by atoms with E-state index in [1.54, 1.807) is 5.57 Å². The number of hydrogen-bond donors (Lipinski definition) is 0. The highest BCUT2D eigenvalue weighted by molar-refractivity contribution is 6.09. The first kappa shape index (κ1) is 38.3. The molecule has 4 nitrogen and oxygen atoms in total. The van der Waals surface area contributed by atoms with E-state index in [1.165, 1.54) is 83.2 Å². The van der Waals surface area contributed by atoms with E-state index < -0.39 is 0 Å². The Morgan fingerprint density at radius 2 is 1.40 bits per heavy atom. The Balaban J connectivity index is 0.901. The number of allylic oxidation sites excluding steroid dienone is 16. The lowest BCUT2D eigenvalue weighted by Gasteiger charge is -2.32. The molecule has 4 aromatic carbocycles. The van der Waals surface area contributed by atoms with Crippen LogP contribution in [-0.4, -0.2) is 19.5 Å². The molecule has 0 fully saturated rings. The van der Waals surface area contributed by atoms with Crippen LogP contribution in [0.2, 0.25) is 0 Å². The van der Waals surface area contributed by atoms with E-state index in [9.17, 15) is 0 Å². The van der Waals surface area contributed by atoms with E-state index in [4.69, 9.17) is 15.0 Å². The Labute approximate surface area is 371 Å². The molecule has 0 amide bonds. The topological polar surface area (TPSA) is 43.6 Å². The second kappa shape index (κ2) is 14.1. The maximum atomic E-state index is 5.25. The maximum Gasteiger partial charge on any atom is 0.163 e. The van der Waals surface area contributed by atoms with Crippen LogP contribution in [0.25, 0.3) is 55.4 Å². The summed E-state index contributed by atoms with van der Waals surface area (Å²) < 4.78 is 2.41. The third kappa shape index (κ3) is 5.83. The van der Waals surface area contributed by atoms with Gasteiger partial charge in [0.05, 0.1) is 11.0 Å². The molecule has 2 heterocycles. The first-order valence-corrected chi connectivity index (χ1v) is 23.2. The zero-order chi connectivity index (χ0) is 42.8. The van der Waals surface area contributed by atoms with Gasteiger partial charge in [0.25, 0.3) is 0 Å². The number of fused-ring (bicyclic) bond motifs is 8. The first-order chi connectivity index (χ1) is 30.6. The Morgan fingerprint density at radius 3 is 2.11 bits per heavy atom. The van der Waals surface area contributed by atoms with Crippen molar-refractivity contribution in [1.29, 1.82) is 0 Å². The van der Waals surface area contributed by atoms with Crippen molar-refractivity contribution >= 4 is 49.7 Å². The number of aromatic nitrogens is 4. The van der Waals surface area contributed by atoms with Gasteiger partial charge in [-0.15, -0.1) is 0 Å². The molecule has 12 rings (SSSR count). The van der Waals surface area contributed by atoms with Gasteiger partial charge < -0.3 is 4.57 Å². The number of rotatable bonds is 5. The maximum absolute atomic E-state index is 5.25. The van der Waals surface area contributed by atoms with Crippen molar-refractivity contribution in [2.45, 2.75) is 90.4 Å². The van der Waals surface area contributed by atoms with E-state index in [1.807, 2.05) is 0 Å². The largest absolute Gasteiger partial charge is 0.309 e. The summed E-state index contributed by atoms with van der Waals surface area (Å²) >= 11 is 0. The summed E-state index contributed by atoms with van der Waals surface area (Å²) in [6.07, 6.45) is 25.3. The zero-order valence-electron chi connectivity index (χ0n) is 37.3. The predicted octanol–water partition coefficient (Wildman–Crippen LogP) is 14.6. The fourth-order valence-electron chi connectivity index (χ4n) is 12.1. The van der Waals surface area contributed by atoms with E-state index in [-0.39, 0.29) is 16.7 Å². The monoisotopic (exact) mass is 818 g/mol. The summed E-state index contributed by atoms with van der Waals surface area (Å²) in [7, 11) is 0. The second-order valence-electron chi connectivity index (χ2n) is 20.0. The van der Waals surface area contributed by atoms with Gasteiger partial charge in [-0.2, -0.15) is 0 Å². The molecular weight excluding hydrogens is 765 g/mol. The van der Waals surface area contributed by atoms with E-state index >= 15 is 0 Å². The van der Waals surface area contributed by atoms with Gasteiger partial charge in [0.15, 0.2) is 11.6 Å². The molecule has 6 aliphatic rings. The SMILES string of the molecule is CC1=C2c3cc4c(cc3C(C)(C)C2CC(c2nc(C3=CCCC=C3)nc(C3C=CC=CC3)n2)=C1)C1=C(C=C(c2ccc(-n3c5ccccc5c5ccccc53)cc2)CC1C)C4(C)C. The number of para-hydroxylation sites is 2. The van der Waals surface area contributed by atoms with E-state index in [2.05, 4.69) is 186 Å². The third-order valence-electron chi connectivity index (χ3n) is 15.4. The smallest absolute Gasteiger partial charge is 0.163 e. The van der Waals surface area contributed by atoms with Crippen molar-refractivity contribution in [3.63, 3.8) is 0 Å². The summed E-state index contributed by atoms with van der Waals surface area (Å²) in [6.45, 7) is 14.7. The van der Waals surface area contributed by atoms with Crippen molar-refractivity contribution in [2.75, 3.05) is 0 Å². The van der Waals surface area contributed by atoms with Crippen LogP contribution in [0.1, 0.15) is 125 Å². The van der Waals surface area contributed by atoms with Crippen LogP contribution in [0.4, 0.5) is 0 Å². The molecule has 0 saturated carbocycles. The van der Waals surface area contributed by atoms with E-state index in [0.717, 1.165) is 55.2 Å². The summed E-state index contributed by atoms with van der Waals surface area (Å²) in [6, 6.07) is 32.1. The highest BCUT2D eigenvalue weighted by atomic mass is 15.0. The van der Waals surface area contributed by atoms with Gasteiger partial charge in [-0.3, -0.25) is 0 Å². The standard InChI is InChI=1S/C59H54N4/c1-35-29-40(37-25-27-42(28-26-37)63-51-23-15-13-21-43(51)44-22-14-16-24-52(44)63)31-49-53(35)45-33-48-46(34-47(45)58(49,3)4)54-36(2)30-41(32-50(54)59(48,5)6)57-61-55(38-17-9-7-10-18-38)60-56(62-57)39-19-11-8-12-20-39/h7,9-11,13-17,19-28,30-31,33-35,38,50H,8,12,18,29,32H2,1-6H3. The van der Waals surface area contributed by atoms with E-state index in [0.29, 0.717) is 11.8 Å². The fraction of sp³-hybridized carbons (Fsp3) is 0.271. The molecule has 2 aromatic heterocycles. The van der Waals surface area contributed by atoms with Crippen molar-refractivity contribution in [2.24, 2.45) is 11.8 Å². The zero-order valence-corrected chi connectivity index (χ0v) is 37.3. The second-order valence-corrected chi connectivity index (χ2v) is 20.0. The van der Waals surface area contributed by atoms with Crippen LogP contribution in [0.15, 0.2) is 151 Å². The van der Waals surface area contributed by atoms with Crippen molar-refractivity contribution in [3.05, 3.63) is 196 Å². The van der Waals surface area contributed by atoms with Gasteiger partial charge in [0, 0.05) is 33.4 Å². The molecule has 4 heteroatoms. The van der Waals surface area contributed by atoms with Crippen LogP contribution in [0.3, 0.4) is 0 Å². The van der Waals surface area contributed by atoms with Crippen LogP contribution in [0.5, 0.6) is 0 Å². The number of hydrogen-bond acceptors (Lipinski definition) is 3. The highest BCUT2D eigenvalue weighted by Crippen LogP contribution is 2.61. The van der Waals surface area contributed by atoms with Gasteiger partial charge >= 0.3 is 0 Å². The molecule has 0 aliphatic heterocycles. The minimum absolute atomic E-state index is 0.0603. The summed E-state index contributed by atoms with van der Waals surface area (Å²) in [4.78, 5) is 15.6. The molecule has 0 N–H and O–H groups in total. The van der Waals surface area contributed by atoms with Crippen molar-refractivity contribution in [3.8, 4) is 5.69 Å². The van der Waals surface area contributed by atoms with Gasteiger partial charge in [-0.1, -0.05) is 138 Å². The lowest BCUT2D eigenvalue weighted by atomic mass is 9.71. The minimum Gasteiger partial charge on any atom is -0.309 e. The third-order valence-corrected chi connectivity index (χ3v) is 15.4. The lowest BCUT2D eigenvalue weighted by Crippen LogP contribution is -2.26. The fourth-order valence-corrected chi connectivity index (χ4v) is 12.1. The Hall–Kier alpha value is -6.39. The quantitative estimate of drug-likeness (QED) is 0.174. The normalized spacial score (nSPS) is 22.8. The highest BCUT2D eigenvalue weighted by Gasteiger charge is 2.49. The molecule has 0 spiro atoms. The molecule has 0 saturated heterocycles. The number of nitrogens with zero attached hydrogens (tertiary/aromatic N) is 4. The van der Waals surface area contributed by atoms with Crippen molar-refractivity contribution < 1.29 is 0 Å². The molecular formula is C59H54N4. The Bertz CT molecular complexity index is 3170. The van der Waals surface area contributed by atoms with Crippen LogP contribution in [0, 0.1) is 11.8 Å². The van der Waals surface area contributed by atoms with Crippen LogP contribution >= 0.6 is 0 Å². The van der Waals surface area contributed by atoms with Crippen molar-refractivity contribution in [1.82, 2.24) is 19.5 Å². The van der Waals surface area contributed by atoms with Crippen LogP contribution < -0.4 is 0 Å². The van der Waals surface area contributed by atoms with Gasteiger partial charge in [-0.25, -0.2) is 15.0 Å². The molecule has 0 bridgehead atoms. The average molecular weight is 819 g/mol. The summed E-state index contributed by atoms with van der Waals surface area (Å²) in [5.41, 5.74) is 20.3. The molecule has 6 aliphatic carbocycles. The first-order valence-electron chi connectivity index (χ1n) is 23.2. The molecule has 3 atom stereocenters. The summed E-state index contributed by atoms with van der Waals surface area (Å²) in [5.74, 6) is 3.41.